The van der Waals surface area contributed by atoms with E-state index in [4.69, 9.17) is 9.47 Å². The Kier molecular flexibility index (Phi) is 6.47. The highest BCUT2D eigenvalue weighted by molar-refractivity contribution is 6.04. The number of carbonyl (C=O) groups is 2. The van der Waals surface area contributed by atoms with Gasteiger partial charge in [-0.15, -0.1) is 0 Å². The fraction of sp³-hybridized carbons (Fsp3) is 0.364. The van der Waals surface area contributed by atoms with Crippen molar-refractivity contribution in [3.8, 4) is 5.75 Å². The molecule has 0 heterocycles. The highest BCUT2D eigenvalue weighted by Crippen LogP contribution is 2.22. The molecule has 5 heteroatoms. The maximum Gasteiger partial charge on any atom is 0.338 e. The van der Waals surface area contributed by atoms with Crippen molar-refractivity contribution in [3.63, 3.8) is 0 Å². The van der Waals surface area contributed by atoms with E-state index >= 15 is 0 Å². The summed E-state index contributed by atoms with van der Waals surface area (Å²) in [5, 5.41) is 2.83. The van der Waals surface area contributed by atoms with E-state index in [1.165, 1.54) is 6.42 Å². The number of amides is 1. The predicted octanol–water partition coefficient (Wildman–Crippen LogP) is 4.83. The lowest BCUT2D eigenvalue weighted by molar-refractivity contribution is 0.0211. The molecule has 0 unspecified atom stereocenters. The number of esters is 1. The van der Waals surface area contributed by atoms with Crippen LogP contribution in [0.1, 0.15) is 59.7 Å². The van der Waals surface area contributed by atoms with E-state index in [2.05, 4.69) is 5.32 Å². The van der Waals surface area contributed by atoms with Crippen molar-refractivity contribution in [2.45, 2.75) is 45.1 Å². The molecule has 5 nitrogen and oxygen atoms in total. The lowest BCUT2D eigenvalue weighted by atomic mass is 9.98. The molecule has 0 radical (unpaired) electrons. The Balaban J connectivity index is 1.59. The van der Waals surface area contributed by atoms with Crippen molar-refractivity contribution in [1.82, 2.24) is 0 Å². The summed E-state index contributed by atoms with van der Waals surface area (Å²) in [6.45, 7) is 2.44. The van der Waals surface area contributed by atoms with E-state index in [9.17, 15) is 9.59 Å². The molecule has 142 valence electrons. The van der Waals surface area contributed by atoms with Crippen LogP contribution in [0.4, 0.5) is 5.69 Å². The lowest BCUT2D eigenvalue weighted by Gasteiger charge is -2.21. The standard InChI is InChI=1S/C22H25NO4/c1-2-26-20-10-6-7-17(15-20)21(24)23-18-13-11-16(12-14-18)22(25)27-19-8-4-3-5-9-19/h6-7,10-15,19H,2-5,8-9H2,1H3,(H,23,24). The summed E-state index contributed by atoms with van der Waals surface area (Å²) in [6.07, 6.45) is 5.38. The first-order chi connectivity index (χ1) is 13.2. The largest absolute Gasteiger partial charge is 0.494 e. The summed E-state index contributed by atoms with van der Waals surface area (Å²) in [4.78, 5) is 24.6. The van der Waals surface area contributed by atoms with Gasteiger partial charge in [0.15, 0.2) is 0 Å². The molecule has 0 bridgehead atoms. The number of hydrogen-bond donors (Lipinski definition) is 1. The second-order valence-electron chi connectivity index (χ2n) is 6.66. The van der Waals surface area contributed by atoms with Gasteiger partial charge in [-0.1, -0.05) is 12.5 Å². The van der Waals surface area contributed by atoms with Crippen LogP contribution in [0, 0.1) is 0 Å². The molecule has 2 aromatic carbocycles. The van der Waals surface area contributed by atoms with Gasteiger partial charge in [0.25, 0.3) is 5.91 Å². The van der Waals surface area contributed by atoms with Crippen LogP contribution in [0.3, 0.4) is 0 Å². The molecule has 1 N–H and O–H groups in total. The molecule has 1 amide bonds. The normalized spacial score (nSPS) is 14.4. The first-order valence-corrected chi connectivity index (χ1v) is 9.51. The van der Waals surface area contributed by atoms with Gasteiger partial charge >= 0.3 is 5.97 Å². The van der Waals surface area contributed by atoms with Crippen LogP contribution < -0.4 is 10.1 Å². The van der Waals surface area contributed by atoms with Gasteiger partial charge in [0, 0.05) is 11.3 Å². The molecule has 1 fully saturated rings. The first kappa shape index (κ1) is 19.0. The topological polar surface area (TPSA) is 64.6 Å². The zero-order valence-corrected chi connectivity index (χ0v) is 15.6. The fourth-order valence-electron chi connectivity index (χ4n) is 3.19. The van der Waals surface area contributed by atoms with Crippen molar-refractivity contribution in [3.05, 3.63) is 59.7 Å². The number of hydrogen-bond acceptors (Lipinski definition) is 4. The summed E-state index contributed by atoms with van der Waals surface area (Å²) in [5.74, 6) is 0.129. The van der Waals surface area contributed by atoms with Crippen molar-refractivity contribution in [2.75, 3.05) is 11.9 Å². The van der Waals surface area contributed by atoms with Crippen molar-refractivity contribution >= 4 is 17.6 Å². The third-order valence-electron chi connectivity index (χ3n) is 4.61. The molecular weight excluding hydrogens is 342 g/mol. The van der Waals surface area contributed by atoms with E-state index in [0.717, 1.165) is 25.7 Å². The Bertz CT molecular complexity index is 779. The third kappa shape index (κ3) is 5.33. The van der Waals surface area contributed by atoms with Gasteiger partial charge < -0.3 is 14.8 Å². The van der Waals surface area contributed by atoms with Gasteiger partial charge in [-0.25, -0.2) is 4.79 Å². The van der Waals surface area contributed by atoms with E-state index in [1.807, 2.05) is 13.0 Å². The number of benzene rings is 2. The maximum atomic E-state index is 12.4. The van der Waals surface area contributed by atoms with Crippen LogP contribution in [0.25, 0.3) is 0 Å². The molecule has 2 aromatic rings. The molecule has 3 rings (SSSR count). The van der Waals surface area contributed by atoms with Crippen molar-refractivity contribution < 1.29 is 19.1 Å². The first-order valence-electron chi connectivity index (χ1n) is 9.51. The quantitative estimate of drug-likeness (QED) is 0.743. The number of carbonyl (C=O) groups excluding carboxylic acids is 2. The maximum absolute atomic E-state index is 12.4. The number of rotatable bonds is 6. The summed E-state index contributed by atoms with van der Waals surface area (Å²) in [5.41, 5.74) is 1.63. The number of ether oxygens (including phenoxy) is 2. The van der Waals surface area contributed by atoms with Crippen LogP contribution in [0.15, 0.2) is 48.5 Å². The zero-order chi connectivity index (χ0) is 19.1. The van der Waals surface area contributed by atoms with Crippen LogP contribution in [0.2, 0.25) is 0 Å². The van der Waals surface area contributed by atoms with Crippen LogP contribution in [-0.2, 0) is 4.74 Å². The Hall–Kier alpha value is -2.82. The highest BCUT2D eigenvalue weighted by atomic mass is 16.5. The average molecular weight is 367 g/mol. The summed E-state index contributed by atoms with van der Waals surface area (Å²) < 4.78 is 11.0. The van der Waals surface area contributed by atoms with Gasteiger partial charge in [0.1, 0.15) is 11.9 Å². The molecule has 0 atom stereocenters. The van der Waals surface area contributed by atoms with E-state index < -0.39 is 0 Å². The SMILES string of the molecule is CCOc1cccc(C(=O)Nc2ccc(C(=O)OC3CCCCC3)cc2)c1. The van der Waals surface area contributed by atoms with Gasteiger partial charge in [-0.3, -0.25) is 4.79 Å². The number of nitrogens with one attached hydrogen (secondary N) is 1. The second-order valence-corrected chi connectivity index (χ2v) is 6.66. The summed E-state index contributed by atoms with van der Waals surface area (Å²) >= 11 is 0. The minimum Gasteiger partial charge on any atom is -0.494 e. The van der Waals surface area contributed by atoms with Crippen molar-refractivity contribution in [2.24, 2.45) is 0 Å². The fourth-order valence-corrected chi connectivity index (χ4v) is 3.19. The Morgan fingerprint density at radius 2 is 1.74 bits per heavy atom. The minimum atomic E-state index is -0.302. The molecule has 1 aliphatic rings. The molecule has 0 saturated heterocycles. The van der Waals surface area contributed by atoms with E-state index in [1.54, 1.807) is 42.5 Å². The number of anilines is 1. The van der Waals surface area contributed by atoms with Crippen molar-refractivity contribution in [1.29, 1.82) is 0 Å². The molecule has 0 spiro atoms. The van der Waals surface area contributed by atoms with E-state index in [0.29, 0.717) is 29.2 Å². The highest BCUT2D eigenvalue weighted by Gasteiger charge is 2.18. The molecular formula is C22H25NO4. The molecule has 0 aliphatic heterocycles. The lowest BCUT2D eigenvalue weighted by Crippen LogP contribution is -2.21. The van der Waals surface area contributed by atoms with Gasteiger partial charge in [0.05, 0.1) is 12.2 Å². The summed E-state index contributed by atoms with van der Waals surface area (Å²) in [6, 6.07) is 13.8. The monoisotopic (exact) mass is 367 g/mol. The van der Waals surface area contributed by atoms with E-state index in [-0.39, 0.29) is 18.0 Å². The average Bonchev–Trinajstić information content (AvgIpc) is 2.70. The smallest absolute Gasteiger partial charge is 0.338 e. The minimum absolute atomic E-state index is 0.0308. The zero-order valence-electron chi connectivity index (χ0n) is 15.6. The van der Waals surface area contributed by atoms with Gasteiger partial charge in [-0.2, -0.15) is 0 Å². The van der Waals surface area contributed by atoms with Crippen LogP contribution in [0.5, 0.6) is 5.75 Å². The Morgan fingerprint density at radius 1 is 1.00 bits per heavy atom. The van der Waals surface area contributed by atoms with Gasteiger partial charge in [-0.05, 0) is 75.1 Å². The molecule has 1 aliphatic carbocycles. The molecule has 0 aromatic heterocycles. The third-order valence-corrected chi connectivity index (χ3v) is 4.61. The molecule has 27 heavy (non-hydrogen) atoms. The van der Waals surface area contributed by atoms with Gasteiger partial charge in [0.2, 0.25) is 0 Å². The van der Waals surface area contributed by atoms with Crippen LogP contribution >= 0.6 is 0 Å². The predicted molar refractivity (Wildman–Crippen MR) is 104 cm³/mol. The summed E-state index contributed by atoms with van der Waals surface area (Å²) in [7, 11) is 0. The Morgan fingerprint density at radius 3 is 2.44 bits per heavy atom. The van der Waals surface area contributed by atoms with Crippen LogP contribution in [-0.4, -0.2) is 24.6 Å². The second kappa shape index (κ2) is 9.21. The Labute approximate surface area is 159 Å². The molecule has 1 saturated carbocycles.